The summed E-state index contributed by atoms with van der Waals surface area (Å²) in [7, 11) is -3.82. The third-order valence-electron chi connectivity index (χ3n) is 2.89. The number of hydrogen-bond donors (Lipinski definition) is 3. The van der Waals surface area contributed by atoms with Gasteiger partial charge in [0, 0.05) is 12.6 Å². The molecule has 0 bridgehead atoms. The standard InChI is InChI=1S/C14H18N4O4S/c1-2-8-16-12(19)7-4-9-22-11-6-3-5-10-13(11)14(15)18-23(20,21)17-10/h3-7,17H,2,8-9H2,1H3,(H2,15,18)(H,16,19). The number of benzene rings is 1. The van der Waals surface area contributed by atoms with Gasteiger partial charge in [-0.2, -0.15) is 8.42 Å². The first kappa shape index (κ1) is 16.8. The molecule has 0 saturated heterocycles. The van der Waals surface area contributed by atoms with Crippen LogP contribution in [0.2, 0.25) is 0 Å². The smallest absolute Gasteiger partial charge is 0.344 e. The number of carbonyl (C=O) groups is 1. The van der Waals surface area contributed by atoms with Gasteiger partial charge < -0.3 is 15.8 Å². The van der Waals surface area contributed by atoms with Crippen LogP contribution in [0.15, 0.2) is 34.7 Å². The van der Waals surface area contributed by atoms with Crippen molar-refractivity contribution in [1.82, 2.24) is 5.32 Å². The van der Waals surface area contributed by atoms with E-state index in [-0.39, 0.29) is 18.3 Å². The minimum Gasteiger partial charge on any atom is -0.489 e. The molecule has 4 N–H and O–H groups in total. The van der Waals surface area contributed by atoms with Crippen LogP contribution in [0.1, 0.15) is 18.9 Å². The monoisotopic (exact) mass is 338 g/mol. The van der Waals surface area contributed by atoms with E-state index >= 15 is 0 Å². The average molecular weight is 338 g/mol. The van der Waals surface area contributed by atoms with Crippen LogP contribution in [0.4, 0.5) is 5.69 Å². The maximum atomic E-state index is 11.5. The first-order valence-corrected chi connectivity index (χ1v) is 8.45. The Labute approximate surface area is 134 Å². The molecule has 1 aromatic carbocycles. The summed E-state index contributed by atoms with van der Waals surface area (Å²) in [5.41, 5.74) is 6.38. The van der Waals surface area contributed by atoms with E-state index in [1.54, 1.807) is 24.3 Å². The fourth-order valence-corrected chi connectivity index (χ4v) is 2.78. The Balaban J connectivity index is 2.06. The highest BCUT2D eigenvalue weighted by molar-refractivity contribution is 7.91. The molecule has 0 spiro atoms. The van der Waals surface area contributed by atoms with Crippen LogP contribution in [0.25, 0.3) is 0 Å². The highest BCUT2D eigenvalue weighted by Gasteiger charge is 2.24. The lowest BCUT2D eigenvalue weighted by atomic mass is 10.1. The number of nitrogens with one attached hydrogen (secondary N) is 2. The number of ether oxygens (including phenoxy) is 1. The molecule has 8 nitrogen and oxygen atoms in total. The van der Waals surface area contributed by atoms with Crippen molar-refractivity contribution in [3.05, 3.63) is 35.9 Å². The van der Waals surface area contributed by atoms with Crippen molar-refractivity contribution in [2.75, 3.05) is 17.9 Å². The fraction of sp³-hybridized carbons (Fsp3) is 0.286. The van der Waals surface area contributed by atoms with Crippen LogP contribution in [-0.2, 0) is 15.0 Å². The Bertz CT molecular complexity index is 756. The van der Waals surface area contributed by atoms with Crippen LogP contribution in [0.5, 0.6) is 5.75 Å². The Morgan fingerprint density at radius 2 is 2.26 bits per heavy atom. The van der Waals surface area contributed by atoms with Gasteiger partial charge in [-0.25, -0.2) is 0 Å². The van der Waals surface area contributed by atoms with Gasteiger partial charge in [-0.1, -0.05) is 13.0 Å². The van der Waals surface area contributed by atoms with Crippen molar-refractivity contribution in [3.8, 4) is 5.75 Å². The summed E-state index contributed by atoms with van der Waals surface area (Å²) in [6.07, 6.45) is 3.80. The first-order chi connectivity index (χ1) is 10.9. The number of hydrogen-bond acceptors (Lipinski definition) is 5. The van der Waals surface area contributed by atoms with E-state index in [4.69, 9.17) is 10.5 Å². The molecule has 0 fully saturated rings. The summed E-state index contributed by atoms with van der Waals surface area (Å²) in [5.74, 6) is 0.0446. The Kier molecular flexibility index (Phi) is 5.22. The molecular weight excluding hydrogens is 320 g/mol. The maximum Gasteiger partial charge on any atom is 0.344 e. The van der Waals surface area contributed by atoms with Crippen LogP contribution in [0, 0.1) is 0 Å². The summed E-state index contributed by atoms with van der Waals surface area (Å²) in [5, 5.41) is 2.70. The zero-order chi connectivity index (χ0) is 16.9. The largest absolute Gasteiger partial charge is 0.489 e. The number of fused-ring (bicyclic) bond motifs is 1. The third kappa shape index (κ3) is 4.46. The molecule has 1 amide bonds. The van der Waals surface area contributed by atoms with Crippen molar-refractivity contribution >= 4 is 27.6 Å². The van der Waals surface area contributed by atoms with E-state index in [2.05, 4.69) is 14.4 Å². The van der Waals surface area contributed by atoms with Gasteiger partial charge in [0.25, 0.3) is 0 Å². The van der Waals surface area contributed by atoms with E-state index in [1.807, 2.05) is 6.92 Å². The number of amidine groups is 1. The number of nitrogens with two attached hydrogens (primary N) is 1. The van der Waals surface area contributed by atoms with Gasteiger partial charge in [0.1, 0.15) is 12.4 Å². The lowest BCUT2D eigenvalue weighted by molar-refractivity contribution is -0.116. The number of carbonyl (C=O) groups excluding carboxylic acids is 1. The molecule has 1 aliphatic rings. The molecule has 1 heterocycles. The van der Waals surface area contributed by atoms with Crippen molar-refractivity contribution in [3.63, 3.8) is 0 Å². The first-order valence-electron chi connectivity index (χ1n) is 7.01. The lowest BCUT2D eigenvalue weighted by Crippen LogP contribution is -2.27. The van der Waals surface area contributed by atoms with E-state index in [1.165, 1.54) is 6.08 Å². The molecule has 0 atom stereocenters. The topological polar surface area (TPSA) is 123 Å². The van der Waals surface area contributed by atoms with E-state index in [0.29, 0.717) is 23.5 Å². The van der Waals surface area contributed by atoms with Gasteiger partial charge in [0.05, 0.1) is 11.3 Å². The number of anilines is 1. The van der Waals surface area contributed by atoms with Gasteiger partial charge in [-0.3, -0.25) is 9.52 Å². The zero-order valence-electron chi connectivity index (χ0n) is 12.6. The Morgan fingerprint density at radius 3 is 3.00 bits per heavy atom. The predicted molar refractivity (Wildman–Crippen MR) is 87.6 cm³/mol. The van der Waals surface area contributed by atoms with Gasteiger partial charge >= 0.3 is 10.2 Å². The van der Waals surface area contributed by atoms with Crippen molar-refractivity contribution in [2.24, 2.45) is 10.1 Å². The SMILES string of the molecule is CCCNC(=O)C=CCOc1cccc2c1C(N)=NS(=O)(=O)N2. The second kappa shape index (κ2) is 7.14. The van der Waals surface area contributed by atoms with Gasteiger partial charge in [0.2, 0.25) is 5.91 Å². The van der Waals surface area contributed by atoms with Crippen LogP contribution >= 0.6 is 0 Å². The summed E-state index contributed by atoms with van der Waals surface area (Å²) in [6, 6.07) is 4.84. The highest BCUT2D eigenvalue weighted by Crippen LogP contribution is 2.30. The second-order valence-corrected chi connectivity index (χ2v) is 6.07. The molecule has 0 aliphatic carbocycles. The van der Waals surface area contributed by atoms with Crippen molar-refractivity contribution in [1.29, 1.82) is 0 Å². The van der Waals surface area contributed by atoms with E-state index < -0.39 is 10.2 Å². The molecule has 2 rings (SSSR count). The lowest BCUT2D eigenvalue weighted by Gasteiger charge is -2.18. The van der Waals surface area contributed by atoms with Crippen molar-refractivity contribution < 1.29 is 17.9 Å². The van der Waals surface area contributed by atoms with E-state index in [9.17, 15) is 13.2 Å². The summed E-state index contributed by atoms with van der Waals surface area (Å²) >= 11 is 0. The summed E-state index contributed by atoms with van der Waals surface area (Å²) < 4.78 is 34.2. The number of amides is 1. The number of nitrogens with zero attached hydrogens (tertiary/aromatic N) is 1. The highest BCUT2D eigenvalue weighted by atomic mass is 32.2. The molecule has 23 heavy (non-hydrogen) atoms. The quantitative estimate of drug-likeness (QED) is 0.653. The minimum absolute atomic E-state index is 0.135. The fourth-order valence-electron chi connectivity index (χ4n) is 1.94. The molecule has 124 valence electrons. The van der Waals surface area contributed by atoms with Gasteiger partial charge in [-0.05, 0) is 24.6 Å². The van der Waals surface area contributed by atoms with Gasteiger partial charge in [0.15, 0.2) is 5.84 Å². The maximum absolute atomic E-state index is 11.5. The molecule has 0 aromatic heterocycles. The Hall–Kier alpha value is -2.55. The van der Waals surface area contributed by atoms with Crippen molar-refractivity contribution in [2.45, 2.75) is 13.3 Å². The molecule has 1 aliphatic heterocycles. The number of rotatable bonds is 6. The van der Waals surface area contributed by atoms with Crippen LogP contribution in [-0.4, -0.2) is 33.3 Å². The molecular formula is C14H18N4O4S. The van der Waals surface area contributed by atoms with Crippen LogP contribution in [0.3, 0.4) is 0 Å². The van der Waals surface area contributed by atoms with Gasteiger partial charge in [-0.15, -0.1) is 4.40 Å². The molecule has 0 radical (unpaired) electrons. The molecule has 1 aromatic rings. The molecule has 0 unspecified atom stereocenters. The predicted octanol–water partition coefficient (Wildman–Crippen LogP) is 0.523. The normalized spacial score (nSPS) is 15.4. The summed E-state index contributed by atoms with van der Waals surface area (Å²) in [4.78, 5) is 11.4. The zero-order valence-corrected chi connectivity index (χ0v) is 13.4. The third-order valence-corrected chi connectivity index (χ3v) is 3.81. The average Bonchev–Trinajstić information content (AvgIpc) is 2.47. The Morgan fingerprint density at radius 1 is 1.48 bits per heavy atom. The second-order valence-electron chi connectivity index (χ2n) is 4.74. The van der Waals surface area contributed by atoms with E-state index in [0.717, 1.165) is 6.42 Å². The molecule has 9 heteroatoms. The summed E-state index contributed by atoms with van der Waals surface area (Å²) in [6.45, 7) is 2.71. The minimum atomic E-state index is -3.82. The van der Waals surface area contributed by atoms with Crippen LogP contribution < -0.4 is 20.5 Å². The molecule has 0 saturated carbocycles.